The summed E-state index contributed by atoms with van der Waals surface area (Å²) in [6.07, 6.45) is -6.49. The van der Waals surface area contributed by atoms with E-state index in [-0.39, 0.29) is 17.9 Å². The van der Waals surface area contributed by atoms with Gasteiger partial charge in [-0.2, -0.15) is 13.2 Å². The molecular formula is C18H15F5O3. The zero-order chi connectivity index (χ0) is 19.5. The van der Waals surface area contributed by atoms with Gasteiger partial charge in [-0.3, -0.25) is 4.79 Å². The SMILES string of the molecule is CCOc1cc(C(CC(F)(F)F)C(=O)O)c(F)cc1-c1ccc(F)cc1. The summed E-state index contributed by atoms with van der Waals surface area (Å²) >= 11 is 0. The molecule has 0 aliphatic carbocycles. The zero-order valence-electron chi connectivity index (χ0n) is 13.6. The molecule has 1 unspecified atom stereocenters. The Hall–Kier alpha value is -2.64. The number of benzene rings is 2. The van der Waals surface area contributed by atoms with Crippen molar-refractivity contribution in [3.05, 3.63) is 53.6 Å². The molecule has 1 N–H and O–H groups in total. The Kier molecular flexibility index (Phi) is 5.84. The van der Waals surface area contributed by atoms with E-state index in [2.05, 4.69) is 0 Å². The molecule has 2 rings (SSSR count). The summed E-state index contributed by atoms with van der Waals surface area (Å²) in [6.45, 7) is 1.73. The van der Waals surface area contributed by atoms with E-state index in [1.54, 1.807) is 6.92 Å². The summed E-state index contributed by atoms with van der Waals surface area (Å²) in [6, 6.07) is 6.86. The number of hydrogen-bond donors (Lipinski definition) is 1. The molecule has 0 fully saturated rings. The van der Waals surface area contributed by atoms with Crippen molar-refractivity contribution in [1.82, 2.24) is 0 Å². The van der Waals surface area contributed by atoms with Crippen molar-refractivity contribution in [2.24, 2.45) is 0 Å². The molecule has 0 heterocycles. The van der Waals surface area contributed by atoms with Gasteiger partial charge in [0.1, 0.15) is 17.4 Å². The smallest absolute Gasteiger partial charge is 0.390 e. The van der Waals surface area contributed by atoms with Crippen molar-refractivity contribution in [2.75, 3.05) is 6.61 Å². The van der Waals surface area contributed by atoms with Crippen LogP contribution in [0.5, 0.6) is 5.75 Å². The summed E-state index contributed by atoms with van der Waals surface area (Å²) in [5.74, 6) is -5.50. The Morgan fingerprint density at radius 1 is 1.15 bits per heavy atom. The van der Waals surface area contributed by atoms with Crippen molar-refractivity contribution in [3.63, 3.8) is 0 Å². The van der Waals surface area contributed by atoms with Crippen LogP contribution in [-0.4, -0.2) is 23.9 Å². The van der Waals surface area contributed by atoms with Gasteiger partial charge in [-0.15, -0.1) is 0 Å². The standard InChI is InChI=1S/C18H15F5O3/c1-2-26-16-8-13(14(17(24)25)9-18(21,22)23)15(20)7-12(16)10-3-5-11(19)6-4-10/h3-8,14H,2,9H2,1H3,(H,24,25). The normalized spacial score (nSPS) is 12.7. The van der Waals surface area contributed by atoms with Crippen LogP contribution in [0.15, 0.2) is 36.4 Å². The maximum Gasteiger partial charge on any atom is 0.390 e. The van der Waals surface area contributed by atoms with Crippen LogP contribution in [0.3, 0.4) is 0 Å². The lowest BCUT2D eigenvalue weighted by Gasteiger charge is -2.19. The summed E-state index contributed by atoms with van der Waals surface area (Å²) in [5, 5.41) is 9.10. The average molecular weight is 374 g/mol. The van der Waals surface area contributed by atoms with Crippen LogP contribution in [0.1, 0.15) is 24.8 Å². The van der Waals surface area contributed by atoms with Gasteiger partial charge >= 0.3 is 12.1 Å². The van der Waals surface area contributed by atoms with E-state index in [1.165, 1.54) is 12.1 Å². The Bertz CT molecular complexity index is 785. The first-order valence-electron chi connectivity index (χ1n) is 7.64. The van der Waals surface area contributed by atoms with Gasteiger partial charge in [0.05, 0.1) is 18.9 Å². The molecule has 0 aliphatic heterocycles. The second-order valence-corrected chi connectivity index (χ2v) is 5.52. The minimum Gasteiger partial charge on any atom is -0.493 e. The van der Waals surface area contributed by atoms with Crippen molar-refractivity contribution in [2.45, 2.75) is 25.4 Å². The Morgan fingerprint density at radius 2 is 1.77 bits per heavy atom. The number of carbonyl (C=O) groups is 1. The first-order valence-corrected chi connectivity index (χ1v) is 7.64. The number of carboxylic acids is 1. The molecule has 0 saturated carbocycles. The molecule has 26 heavy (non-hydrogen) atoms. The third-order valence-electron chi connectivity index (χ3n) is 3.66. The van der Waals surface area contributed by atoms with E-state index < -0.39 is 41.7 Å². The fourth-order valence-corrected chi connectivity index (χ4v) is 2.53. The highest BCUT2D eigenvalue weighted by atomic mass is 19.4. The van der Waals surface area contributed by atoms with Crippen molar-refractivity contribution in [1.29, 1.82) is 0 Å². The summed E-state index contributed by atoms with van der Waals surface area (Å²) in [7, 11) is 0. The predicted octanol–water partition coefficient (Wildman–Crippen LogP) is 5.15. The number of ether oxygens (including phenoxy) is 1. The molecule has 0 spiro atoms. The minimum atomic E-state index is -4.78. The van der Waals surface area contributed by atoms with Gasteiger partial charge in [-0.1, -0.05) is 12.1 Å². The average Bonchev–Trinajstić information content (AvgIpc) is 2.54. The predicted molar refractivity (Wildman–Crippen MR) is 84.0 cm³/mol. The van der Waals surface area contributed by atoms with E-state index in [0.717, 1.165) is 24.3 Å². The highest BCUT2D eigenvalue weighted by Crippen LogP contribution is 2.38. The molecule has 0 bridgehead atoms. The fraction of sp³-hybridized carbons (Fsp3) is 0.278. The quantitative estimate of drug-likeness (QED) is 0.712. The number of alkyl halides is 3. The largest absolute Gasteiger partial charge is 0.493 e. The highest BCUT2D eigenvalue weighted by molar-refractivity contribution is 5.78. The molecule has 0 saturated heterocycles. The maximum absolute atomic E-state index is 14.5. The molecule has 1 atom stereocenters. The lowest BCUT2D eigenvalue weighted by molar-refractivity contribution is -0.157. The molecule has 0 radical (unpaired) electrons. The third-order valence-corrected chi connectivity index (χ3v) is 3.66. The number of rotatable bonds is 6. The van der Waals surface area contributed by atoms with Gasteiger partial charge in [-0.25, -0.2) is 8.78 Å². The molecular weight excluding hydrogens is 359 g/mol. The fourth-order valence-electron chi connectivity index (χ4n) is 2.53. The summed E-state index contributed by atoms with van der Waals surface area (Å²) < 4.78 is 70.9. The Balaban J connectivity index is 2.57. The maximum atomic E-state index is 14.5. The number of halogens is 5. The van der Waals surface area contributed by atoms with Gasteiger partial charge < -0.3 is 9.84 Å². The topological polar surface area (TPSA) is 46.5 Å². The van der Waals surface area contributed by atoms with Crippen molar-refractivity contribution in [3.8, 4) is 16.9 Å². The molecule has 140 valence electrons. The Morgan fingerprint density at radius 3 is 2.27 bits per heavy atom. The molecule has 2 aromatic carbocycles. The highest BCUT2D eigenvalue weighted by Gasteiger charge is 2.38. The van der Waals surface area contributed by atoms with Crippen LogP contribution < -0.4 is 4.74 Å². The monoisotopic (exact) mass is 374 g/mol. The van der Waals surface area contributed by atoms with Crippen LogP contribution in [-0.2, 0) is 4.79 Å². The number of aliphatic carboxylic acids is 1. The lowest BCUT2D eigenvalue weighted by Crippen LogP contribution is -2.21. The van der Waals surface area contributed by atoms with Crippen LogP contribution >= 0.6 is 0 Å². The van der Waals surface area contributed by atoms with Crippen LogP contribution in [0, 0.1) is 11.6 Å². The van der Waals surface area contributed by atoms with Gasteiger partial charge in [0.25, 0.3) is 0 Å². The summed E-state index contributed by atoms with van der Waals surface area (Å²) in [4.78, 5) is 11.2. The number of hydrogen-bond acceptors (Lipinski definition) is 2. The van der Waals surface area contributed by atoms with E-state index in [0.29, 0.717) is 5.56 Å². The van der Waals surface area contributed by atoms with Gasteiger partial charge in [0.2, 0.25) is 0 Å². The molecule has 0 amide bonds. The first kappa shape index (κ1) is 19.7. The lowest BCUT2D eigenvalue weighted by atomic mass is 9.92. The molecule has 0 aromatic heterocycles. The van der Waals surface area contributed by atoms with E-state index in [1.807, 2.05) is 0 Å². The second kappa shape index (κ2) is 7.72. The summed E-state index contributed by atoms with van der Waals surface area (Å²) in [5.41, 5.74) is -0.0589. The van der Waals surface area contributed by atoms with Crippen molar-refractivity contribution < 1.29 is 36.6 Å². The zero-order valence-corrected chi connectivity index (χ0v) is 13.6. The van der Waals surface area contributed by atoms with Gasteiger partial charge in [0, 0.05) is 11.1 Å². The molecule has 3 nitrogen and oxygen atoms in total. The van der Waals surface area contributed by atoms with E-state index in [4.69, 9.17) is 9.84 Å². The minimum absolute atomic E-state index is 0.0175. The third kappa shape index (κ3) is 4.71. The van der Waals surface area contributed by atoms with E-state index in [9.17, 15) is 26.7 Å². The van der Waals surface area contributed by atoms with Gasteiger partial charge in [-0.05, 0) is 36.8 Å². The van der Waals surface area contributed by atoms with E-state index >= 15 is 0 Å². The Labute approximate surface area is 146 Å². The van der Waals surface area contributed by atoms with Crippen molar-refractivity contribution >= 4 is 5.97 Å². The van der Waals surface area contributed by atoms with Crippen LogP contribution in [0.4, 0.5) is 22.0 Å². The molecule has 8 heteroatoms. The van der Waals surface area contributed by atoms with Crippen LogP contribution in [0.25, 0.3) is 11.1 Å². The number of carboxylic acid groups (broad SMARTS) is 1. The first-order chi connectivity index (χ1) is 12.1. The molecule has 2 aromatic rings. The second-order valence-electron chi connectivity index (χ2n) is 5.52. The van der Waals surface area contributed by atoms with Crippen LogP contribution in [0.2, 0.25) is 0 Å². The van der Waals surface area contributed by atoms with Gasteiger partial charge in [0.15, 0.2) is 0 Å². The molecule has 0 aliphatic rings.